The number of rotatable bonds is 3. The van der Waals surface area contributed by atoms with Gasteiger partial charge in [-0.1, -0.05) is 28.1 Å². The van der Waals surface area contributed by atoms with E-state index in [1.807, 2.05) is 0 Å². The molecule has 19 heavy (non-hydrogen) atoms. The SMILES string of the molecule is N#Cc1c(F)cccc1Oc1ccc(CBr)cc1F. The second-order valence-electron chi connectivity index (χ2n) is 3.73. The Morgan fingerprint density at radius 1 is 1.11 bits per heavy atom. The Kier molecular flexibility index (Phi) is 4.13. The van der Waals surface area contributed by atoms with Crippen LogP contribution in [-0.4, -0.2) is 0 Å². The molecule has 0 bridgehead atoms. The molecular formula is C14H8BrF2NO. The molecule has 0 saturated carbocycles. The maximum atomic E-state index is 13.7. The van der Waals surface area contributed by atoms with Crippen molar-refractivity contribution in [2.45, 2.75) is 5.33 Å². The number of nitriles is 1. The van der Waals surface area contributed by atoms with E-state index in [9.17, 15) is 8.78 Å². The minimum absolute atomic E-state index is 0.00649. The van der Waals surface area contributed by atoms with Crippen LogP contribution in [0.3, 0.4) is 0 Å². The lowest BCUT2D eigenvalue weighted by atomic mass is 10.2. The number of alkyl halides is 1. The molecule has 2 aromatic rings. The first-order valence-corrected chi connectivity index (χ1v) is 6.48. The third-order valence-corrected chi connectivity index (χ3v) is 3.11. The molecule has 0 aliphatic carbocycles. The molecule has 2 nitrogen and oxygen atoms in total. The van der Waals surface area contributed by atoms with E-state index >= 15 is 0 Å². The summed E-state index contributed by atoms with van der Waals surface area (Å²) in [6.07, 6.45) is 0. The van der Waals surface area contributed by atoms with Gasteiger partial charge in [-0.2, -0.15) is 5.26 Å². The minimum Gasteiger partial charge on any atom is -0.453 e. The summed E-state index contributed by atoms with van der Waals surface area (Å²) in [4.78, 5) is 0. The molecule has 0 saturated heterocycles. The summed E-state index contributed by atoms with van der Waals surface area (Å²) in [5, 5.41) is 9.38. The Hall–Kier alpha value is -1.93. The molecule has 0 amide bonds. The maximum absolute atomic E-state index is 13.7. The molecule has 0 fully saturated rings. The van der Waals surface area contributed by atoms with Crippen LogP contribution in [0.4, 0.5) is 8.78 Å². The summed E-state index contributed by atoms with van der Waals surface area (Å²) >= 11 is 3.22. The van der Waals surface area contributed by atoms with Crippen LogP contribution in [0.15, 0.2) is 36.4 Å². The Morgan fingerprint density at radius 3 is 2.53 bits per heavy atom. The van der Waals surface area contributed by atoms with Crippen molar-refractivity contribution in [3.8, 4) is 17.6 Å². The number of hydrogen-bond acceptors (Lipinski definition) is 2. The lowest BCUT2D eigenvalue weighted by Crippen LogP contribution is -1.94. The van der Waals surface area contributed by atoms with Gasteiger partial charge in [-0.3, -0.25) is 0 Å². The molecule has 0 spiro atoms. The van der Waals surface area contributed by atoms with Crippen LogP contribution in [-0.2, 0) is 5.33 Å². The molecule has 5 heteroatoms. The van der Waals surface area contributed by atoms with Crippen LogP contribution in [0.5, 0.6) is 11.5 Å². The van der Waals surface area contributed by atoms with Crippen molar-refractivity contribution in [2.24, 2.45) is 0 Å². The van der Waals surface area contributed by atoms with Crippen molar-refractivity contribution >= 4 is 15.9 Å². The van der Waals surface area contributed by atoms with Gasteiger partial charge in [0, 0.05) is 5.33 Å². The van der Waals surface area contributed by atoms with Gasteiger partial charge in [-0.15, -0.1) is 0 Å². The van der Waals surface area contributed by atoms with Crippen LogP contribution in [0.2, 0.25) is 0 Å². The third-order valence-electron chi connectivity index (χ3n) is 2.46. The van der Waals surface area contributed by atoms with Gasteiger partial charge >= 0.3 is 0 Å². The van der Waals surface area contributed by atoms with E-state index in [1.165, 1.54) is 24.3 Å². The van der Waals surface area contributed by atoms with Crippen molar-refractivity contribution in [3.63, 3.8) is 0 Å². The Bertz CT molecular complexity index is 652. The monoisotopic (exact) mass is 323 g/mol. The Balaban J connectivity index is 2.37. The van der Waals surface area contributed by atoms with E-state index < -0.39 is 11.6 Å². The average Bonchev–Trinajstić information content (AvgIpc) is 2.41. The predicted molar refractivity (Wildman–Crippen MR) is 70.2 cm³/mol. The van der Waals surface area contributed by atoms with Crippen molar-refractivity contribution in [3.05, 3.63) is 59.2 Å². The first kappa shape index (κ1) is 13.5. The molecule has 2 rings (SSSR count). The number of hydrogen-bond donors (Lipinski definition) is 0. The van der Waals surface area contributed by atoms with Gasteiger partial charge in [0.25, 0.3) is 0 Å². The van der Waals surface area contributed by atoms with Gasteiger partial charge in [-0.25, -0.2) is 8.78 Å². The Labute approximate surface area is 117 Å². The normalized spacial score (nSPS) is 10.0. The van der Waals surface area contributed by atoms with E-state index in [0.29, 0.717) is 5.33 Å². The zero-order valence-corrected chi connectivity index (χ0v) is 11.2. The second-order valence-corrected chi connectivity index (χ2v) is 4.29. The molecule has 0 aromatic heterocycles. The van der Waals surface area contributed by atoms with Gasteiger partial charge < -0.3 is 4.74 Å². The molecule has 0 aliphatic rings. The highest BCUT2D eigenvalue weighted by Gasteiger charge is 2.12. The number of halogens is 3. The zero-order valence-electron chi connectivity index (χ0n) is 9.66. The van der Waals surface area contributed by atoms with E-state index in [0.717, 1.165) is 11.6 Å². The quantitative estimate of drug-likeness (QED) is 0.778. The molecule has 0 N–H and O–H groups in total. The van der Waals surface area contributed by atoms with E-state index in [1.54, 1.807) is 12.1 Å². The summed E-state index contributed by atoms with van der Waals surface area (Å²) in [6, 6.07) is 10.1. The van der Waals surface area contributed by atoms with Gasteiger partial charge in [0.15, 0.2) is 11.6 Å². The van der Waals surface area contributed by atoms with E-state index in [2.05, 4.69) is 15.9 Å². The summed E-state index contributed by atoms with van der Waals surface area (Å²) in [7, 11) is 0. The average molecular weight is 324 g/mol. The van der Waals surface area contributed by atoms with Crippen molar-refractivity contribution in [1.82, 2.24) is 0 Å². The minimum atomic E-state index is -0.697. The van der Waals surface area contributed by atoms with Gasteiger partial charge in [0.05, 0.1) is 0 Å². The van der Waals surface area contributed by atoms with E-state index in [4.69, 9.17) is 10.00 Å². The highest BCUT2D eigenvalue weighted by atomic mass is 79.9. The standard InChI is InChI=1S/C14H8BrF2NO/c15-7-9-4-5-14(12(17)6-9)19-13-3-1-2-11(16)10(13)8-18/h1-6H,7H2. The van der Waals surface area contributed by atoms with Crippen LogP contribution < -0.4 is 4.74 Å². The number of benzene rings is 2. The predicted octanol–water partition coefficient (Wildman–Crippen LogP) is 4.52. The number of ether oxygens (including phenoxy) is 1. The van der Waals surface area contributed by atoms with Crippen LogP contribution in [0, 0.1) is 23.0 Å². The van der Waals surface area contributed by atoms with Crippen molar-refractivity contribution in [2.75, 3.05) is 0 Å². The molecule has 96 valence electrons. The van der Waals surface area contributed by atoms with Crippen LogP contribution in [0.1, 0.15) is 11.1 Å². The first-order valence-electron chi connectivity index (χ1n) is 5.36. The summed E-state index contributed by atoms with van der Waals surface area (Å²) < 4.78 is 32.4. The fraction of sp³-hybridized carbons (Fsp3) is 0.0714. The van der Waals surface area contributed by atoms with E-state index in [-0.39, 0.29) is 17.1 Å². The van der Waals surface area contributed by atoms with Crippen molar-refractivity contribution < 1.29 is 13.5 Å². The largest absolute Gasteiger partial charge is 0.453 e. The van der Waals surface area contributed by atoms with Gasteiger partial charge in [0.2, 0.25) is 0 Å². The lowest BCUT2D eigenvalue weighted by Gasteiger charge is -2.09. The molecule has 0 heterocycles. The summed E-state index contributed by atoms with van der Waals surface area (Å²) in [6.45, 7) is 0. The molecule has 0 unspecified atom stereocenters. The lowest BCUT2D eigenvalue weighted by molar-refractivity contribution is 0.437. The number of nitrogens with zero attached hydrogens (tertiary/aromatic N) is 1. The third kappa shape index (κ3) is 2.91. The smallest absolute Gasteiger partial charge is 0.166 e. The molecule has 0 aliphatic heterocycles. The first-order chi connectivity index (χ1) is 9.15. The molecular weight excluding hydrogens is 316 g/mol. The maximum Gasteiger partial charge on any atom is 0.166 e. The highest BCUT2D eigenvalue weighted by Crippen LogP contribution is 2.29. The van der Waals surface area contributed by atoms with Crippen LogP contribution in [0.25, 0.3) is 0 Å². The van der Waals surface area contributed by atoms with Gasteiger partial charge in [0.1, 0.15) is 23.2 Å². The van der Waals surface area contributed by atoms with Crippen LogP contribution >= 0.6 is 15.9 Å². The topological polar surface area (TPSA) is 33.0 Å². The zero-order chi connectivity index (χ0) is 13.8. The highest BCUT2D eigenvalue weighted by molar-refractivity contribution is 9.08. The molecule has 0 radical (unpaired) electrons. The fourth-order valence-electron chi connectivity index (χ4n) is 1.53. The second kappa shape index (κ2) is 5.81. The fourth-order valence-corrected chi connectivity index (χ4v) is 1.88. The summed E-state index contributed by atoms with van der Waals surface area (Å²) in [5.41, 5.74) is 0.510. The van der Waals surface area contributed by atoms with Crippen molar-refractivity contribution in [1.29, 1.82) is 5.26 Å². The van der Waals surface area contributed by atoms with Gasteiger partial charge in [-0.05, 0) is 29.8 Å². The molecule has 0 atom stereocenters. The Morgan fingerprint density at radius 2 is 1.89 bits per heavy atom. The summed E-state index contributed by atoms with van der Waals surface area (Å²) in [5.74, 6) is -1.32. The molecule has 2 aromatic carbocycles.